The van der Waals surface area contributed by atoms with Crippen molar-refractivity contribution in [1.82, 2.24) is 24.1 Å². The number of benzene rings is 8. The number of rotatable bonds is 5. The van der Waals surface area contributed by atoms with E-state index in [1.807, 2.05) is 72.8 Å². The van der Waals surface area contributed by atoms with E-state index in [1.165, 1.54) is 21.5 Å². The molecule has 0 fully saturated rings. The van der Waals surface area contributed by atoms with Crippen LogP contribution >= 0.6 is 0 Å². The first-order valence-corrected chi connectivity index (χ1v) is 19.1. The van der Waals surface area contributed by atoms with Crippen molar-refractivity contribution in [2.75, 3.05) is 0 Å². The Balaban J connectivity index is 1.12. The molecule has 0 unspecified atom stereocenters. The van der Waals surface area contributed by atoms with Gasteiger partial charge in [0.25, 0.3) is 0 Å². The van der Waals surface area contributed by atoms with Gasteiger partial charge in [0.2, 0.25) is 0 Å². The number of hydrogen-bond acceptors (Lipinski definition) is 4. The Kier molecular flexibility index (Phi) is 6.83. The van der Waals surface area contributed by atoms with Gasteiger partial charge in [-0.25, -0.2) is 15.0 Å². The average Bonchev–Trinajstić information content (AvgIpc) is 3.93. The van der Waals surface area contributed by atoms with Gasteiger partial charge in [0.05, 0.1) is 33.1 Å². The number of nitrogens with zero attached hydrogens (tertiary/aromatic N) is 5. The van der Waals surface area contributed by atoms with Crippen LogP contribution in [0.1, 0.15) is 0 Å². The molecule has 12 aromatic rings. The van der Waals surface area contributed by atoms with Crippen LogP contribution in [0.25, 0.3) is 111 Å². The molecule has 57 heavy (non-hydrogen) atoms. The van der Waals surface area contributed by atoms with Crippen LogP contribution in [0.2, 0.25) is 0 Å². The van der Waals surface area contributed by atoms with Crippen molar-refractivity contribution in [2.45, 2.75) is 0 Å². The van der Waals surface area contributed by atoms with Crippen molar-refractivity contribution >= 4 is 65.6 Å². The van der Waals surface area contributed by atoms with Crippen molar-refractivity contribution < 1.29 is 4.42 Å². The average molecular weight is 730 g/mol. The zero-order valence-electron chi connectivity index (χ0n) is 30.5. The first-order valence-electron chi connectivity index (χ1n) is 19.1. The summed E-state index contributed by atoms with van der Waals surface area (Å²) in [6.07, 6.45) is 0. The second-order valence-corrected chi connectivity index (χ2v) is 14.4. The summed E-state index contributed by atoms with van der Waals surface area (Å²) in [7, 11) is 0. The molecule has 6 nitrogen and oxygen atoms in total. The maximum atomic E-state index is 6.38. The van der Waals surface area contributed by atoms with Crippen molar-refractivity contribution in [3.8, 4) is 45.5 Å². The minimum absolute atomic E-state index is 0.619. The molecule has 8 aromatic carbocycles. The van der Waals surface area contributed by atoms with Gasteiger partial charge in [0.1, 0.15) is 11.2 Å². The molecule has 0 aliphatic heterocycles. The monoisotopic (exact) mass is 729 g/mol. The first kappa shape index (κ1) is 31.5. The summed E-state index contributed by atoms with van der Waals surface area (Å²) >= 11 is 0. The number of aromatic nitrogens is 5. The van der Waals surface area contributed by atoms with Gasteiger partial charge in [0, 0.05) is 49.3 Å². The van der Waals surface area contributed by atoms with Crippen LogP contribution in [-0.4, -0.2) is 24.1 Å². The highest BCUT2D eigenvalue weighted by Crippen LogP contribution is 2.42. The predicted octanol–water partition coefficient (Wildman–Crippen LogP) is 13.0. The minimum Gasteiger partial charge on any atom is -0.456 e. The molecule has 0 atom stereocenters. The Hall–Kier alpha value is -7.83. The lowest BCUT2D eigenvalue weighted by molar-refractivity contribution is 0.669. The van der Waals surface area contributed by atoms with Crippen LogP contribution in [0.3, 0.4) is 0 Å². The van der Waals surface area contributed by atoms with E-state index < -0.39 is 0 Å². The summed E-state index contributed by atoms with van der Waals surface area (Å²) in [4.78, 5) is 15.0. The fourth-order valence-corrected chi connectivity index (χ4v) is 8.63. The molecule has 0 spiro atoms. The molecule has 0 N–H and O–H groups in total. The molecule has 0 bridgehead atoms. The second kappa shape index (κ2) is 12.3. The van der Waals surface area contributed by atoms with E-state index in [0.29, 0.717) is 17.5 Å². The lowest BCUT2D eigenvalue weighted by Crippen LogP contribution is -2.01. The molecule has 0 aliphatic carbocycles. The quantitative estimate of drug-likeness (QED) is 0.177. The second-order valence-electron chi connectivity index (χ2n) is 14.4. The van der Waals surface area contributed by atoms with Gasteiger partial charge in [-0.1, -0.05) is 133 Å². The van der Waals surface area contributed by atoms with Gasteiger partial charge < -0.3 is 13.6 Å². The number of fused-ring (bicyclic) bond motifs is 9. The van der Waals surface area contributed by atoms with Crippen molar-refractivity contribution in [3.05, 3.63) is 188 Å². The maximum absolute atomic E-state index is 6.38. The molecular formula is C51H31N5O. The van der Waals surface area contributed by atoms with Gasteiger partial charge >= 0.3 is 0 Å². The molecule has 0 amide bonds. The zero-order valence-corrected chi connectivity index (χ0v) is 30.5. The summed E-state index contributed by atoms with van der Waals surface area (Å²) in [6, 6.07) is 65.6. The van der Waals surface area contributed by atoms with E-state index in [2.05, 4.69) is 124 Å². The smallest absolute Gasteiger partial charge is 0.164 e. The highest BCUT2D eigenvalue weighted by molar-refractivity contribution is 6.20. The van der Waals surface area contributed by atoms with Crippen LogP contribution in [0, 0.1) is 0 Å². The Morgan fingerprint density at radius 1 is 0.333 bits per heavy atom. The van der Waals surface area contributed by atoms with E-state index in [1.54, 1.807) is 0 Å². The summed E-state index contributed by atoms with van der Waals surface area (Å²) in [5, 5.41) is 6.99. The Morgan fingerprint density at radius 3 is 1.53 bits per heavy atom. The number of para-hydroxylation sites is 3. The minimum atomic E-state index is 0.619. The fraction of sp³-hybridized carbons (Fsp3) is 0. The van der Waals surface area contributed by atoms with Crippen LogP contribution < -0.4 is 0 Å². The third-order valence-corrected chi connectivity index (χ3v) is 11.1. The van der Waals surface area contributed by atoms with Gasteiger partial charge in [-0.3, -0.25) is 0 Å². The fourth-order valence-electron chi connectivity index (χ4n) is 8.63. The Labute approximate surface area is 326 Å². The van der Waals surface area contributed by atoms with E-state index in [9.17, 15) is 0 Å². The van der Waals surface area contributed by atoms with Gasteiger partial charge in [-0.05, 0) is 54.6 Å². The molecule has 4 aromatic heterocycles. The summed E-state index contributed by atoms with van der Waals surface area (Å²) in [6.45, 7) is 0. The van der Waals surface area contributed by atoms with Crippen LogP contribution in [0.15, 0.2) is 192 Å². The van der Waals surface area contributed by atoms with E-state index >= 15 is 0 Å². The number of hydrogen-bond donors (Lipinski definition) is 0. The SMILES string of the molecule is c1ccc(-c2nc(-c3ccccc3)nc(-c3cccc(-n4c5ccccc5c5cc6c7ccccc7n(-c7cccc8oc9ccccc9c78)c6cc54)c3)n2)cc1. The molecule has 4 heterocycles. The lowest BCUT2D eigenvalue weighted by atomic mass is 10.1. The summed E-state index contributed by atoms with van der Waals surface area (Å²) < 4.78 is 11.2. The summed E-state index contributed by atoms with van der Waals surface area (Å²) in [5.41, 5.74) is 11.2. The highest BCUT2D eigenvalue weighted by atomic mass is 16.3. The maximum Gasteiger partial charge on any atom is 0.164 e. The first-order chi connectivity index (χ1) is 28.3. The van der Waals surface area contributed by atoms with Crippen LogP contribution in [0.4, 0.5) is 0 Å². The van der Waals surface area contributed by atoms with E-state index in [4.69, 9.17) is 19.4 Å². The molecular weight excluding hydrogens is 699 g/mol. The molecule has 0 radical (unpaired) electrons. The van der Waals surface area contributed by atoms with Crippen molar-refractivity contribution in [2.24, 2.45) is 0 Å². The number of furan rings is 1. The topological polar surface area (TPSA) is 61.7 Å². The van der Waals surface area contributed by atoms with E-state index in [-0.39, 0.29) is 0 Å². The molecule has 6 heteroatoms. The molecule has 0 aliphatic rings. The third-order valence-electron chi connectivity index (χ3n) is 11.1. The normalized spacial score (nSPS) is 11.9. The highest BCUT2D eigenvalue weighted by Gasteiger charge is 2.21. The Bertz CT molecular complexity index is 3470. The molecule has 12 rings (SSSR count). The van der Waals surface area contributed by atoms with Gasteiger partial charge in [0.15, 0.2) is 17.5 Å². The molecule has 0 saturated heterocycles. The molecule has 266 valence electrons. The van der Waals surface area contributed by atoms with Crippen LogP contribution in [0.5, 0.6) is 0 Å². The zero-order chi connectivity index (χ0) is 37.5. The molecule has 0 saturated carbocycles. The predicted molar refractivity (Wildman–Crippen MR) is 232 cm³/mol. The summed E-state index contributed by atoms with van der Waals surface area (Å²) in [5.74, 6) is 1.89. The van der Waals surface area contributed by atoms with Crippen molar-refractivity contribution in [1.29, 1.82) is 0 Å². The Morgan fingerprint density at radius 2 is 0.842 bits per heavy atom. The largest absolute Gasteiger partial charge is 0.456 e. The lowest BCUT2D eigenvalue weighted by Gasteiger charge is -2.12. The van der Waals surface area contributed by atoms with E-state index in [0.717, 1.165) is 72.1 Å². The standard InChI is InChI=1S/C51H31N5O/c1-3-15-32(16-4-1)49-52-50(33-17-5-2-6-18-33)54-51(53-49)34-19-13-20-35(29-34)55-41-24-10-7-21-36(41)39-30-40-37-22-8-11-25-42(37)56(45(40)31-44(39)55)43-26-14-28-47-48(43)38-23-9-12-27-46(38)57-47/h1-31H. The van der Waals surface area contributed by atoms with Crippen molar-refractivity contribution in [3.63, 3.8) is 0 Å². The van der Waals surface area contributed by atoms with Gasteiger partial charge in [-0.15, -0.1) is 0 Å². The van der Waals surface area contributed by atoms with Gasteiger partial charge in [-0.2, -0.15) is 0 Å². The van der Waals surface area contributed by atoms with Crippen LogP contribution in [-0.2, 0) is 0 Å². The third kappa shape index (κ3) is 4.87.